The van der Waals surface area contributed by atoms with Gasteiger partial charge in [-0.2, -0.15) is 0 Å². The third-order valence-electron chi connectivity index (χ3n) is 4.54. The predicted molar refractivity (Wildman–Crippen MR) is 89.9 cm³/mol. The van der Waals surface area contributed by atoms with Crippen LogP contribution >= 0.6 is 0 Å². The molecule has 1 heterocycles. The maximum Gasteiger partial charge on any atom is 0.157 e. The van der Waals surface area contributed by atoms with Gasteiger partial charge >= 0.3 is 0 Å². The molecule has 0 saturated heterocycles. The van der Waals surface area contributed by atoms with Crippen molar-refractivity contribution in [1.82, 2.24) is 4.98 Å². The Morgan fingerprint density at radius 1 is 1.22 bits per heavy atom. The maximum absolute atomic E-state index is 14.2. The lowest BCUT2D eigenvalue weighted by molar-refractivity contribution is 0.444. The molecule has 1 N–H and O–H groups in total. The van der Waals surface area contributed by atoms with E-state index in [0.29, 0.717) is 5.92 Å². The summed E-state index contributed by atoms with van der Waals surface area (Å²) in [4.78, 5) is 4.21. The van der Waals surface area contributed by atoms with Crippen molar-refractivity contribution in [2.45, 2.75) is 43.8 Å². The maximum atomic E-state index is 14.2. The normalized spacial score (nSPS) is 17.1. The largest absolute Gasteiger partial charge is 0.306 e. The van der Waals surface area contributed by atoms with Crippen molar-refractivity contribution in [3.05, 3.63) is 53.6 Å². The van der Waals surface area contributed by atoms with Crippen LogP contribution in [-0.4, -0.2) is 13.7 Å². The lowest BCUT2D eigenvalue weighted by Crippen LogP contribution is -2.06. The first-order chi connectivity index (χ1) is 11.1. The zero-order valence-electron chi connectivity index (χ0n) is 12.9. The molecule has 1 unspecified atom stereocenters. The van der Waals surface area contributed by atoms with Gasteiger partial charge in [0.2, 0.25) is 0 Å². The molecule has 1 aromatic carbocycles. The topological polar surface area (TPSA) is 50.2 Å². The van der Waals surface area contributed by atoms with E-state index in [2.05, 4.69) is 4.98 Å². The Kier molecular flexibility index (Phi) is 5.18. The van der Waals surface area contributed by atoms with Crippen molar-refractivity contribution in [2.24, 2.45) is 0 Å². The monoisotopic (exact) mass is 333 g/mol. The fourth-order valence-electron chi connectivity index (χ4n) is 3.38. The van der Waals surface area contributed by atoms with Gasteiger partial charge in [0.25, 0.3) is 0 Å². The van der Waals surface area contributed by atoms with Crippen molar-refractivity contribution < 1.29 is 13.2 Å². The van der Waals surface area contributed by atoms with E-state index in [1.165, 1.54) is 43.7 Å². The molecule has 1 saturated carbocycles. The van der Waals surface area contributed by atoms with Crippen LogP contribution in [0.3, 0.4) is 0 Å². The summed E-state index contributed by atoms with van der Waals surface area (Å²) >= 11 is -2.04. The van der Waals surface area contributed by atoms with Gasteiger partial charge in [-0.15, -0.1) is 0 Å². The number of hydrogen-bond acceptors (Lipinski definition) is 2. The molecule has 5 heteroatoms. The fourth-order valence-corrected chi connectivity index (χ4v) is 3.88. The Morgan fingerprint density at radius 3 is 2.70 bits per heavy atom. The van der Waals surface area contributed by atoms with Crippen molar-refractivity contribution >= 4 is 11.1 Å². The molecule has 0 radical (unpaired) electrons. The summed E-state index contributed by atoms with van der Waals surface area (Å²) in [6.07, 6.45) is 9.69. The van der Waals surface area contributed by atoms with Crippen LogP contribution in [0, 0.1) is 5.82 Å². The SMILES string of the molecule is O=S(O)Cc1ccc(-c2cnccc2C2CCCCC2)cc1F. The molecule has 3 rings (SSSR count). The predicted octanol–water partition coefficient (Wildman–Crippen LogP) is 4.66. The van der Waals surface area contributed by atoms with Gasteiger partial charge < -0.3 is 4.55 Å². The van der Waals surface area contributed by atoms with E-state index >= 15 is 0 Å². The van der Waals surface area contributed by atoms with Gasteiger partial charge in [-0.05, 0) is 42.0 Å². The van der Waals surface area contributed by atoms with Crippen LogP contribution in [0.25, 0.3) is 11.1 Å². The Balaban J connectivity index is 1.95. The van der Waals surface area contributed by atoms with Crippen molar-refractivity contribution in [3.8, 4) is 11.1 Å². The standard InChI is InChI=1S/C18H20FNO2S/c19-18-10-14(6-7-15(18)12-23(21)22)17-11-20-9-8-16(17)13-4-2-1-3-5-13/h6-11,13H,1-5,12H2,(H,21,22). The van der Waals surface area contributed by atoms with Gasteiger partial charge in [-0.3, -0.25) is 4.98 Å². The van der Waals surface area contributed by atoms with Gasteiger partial charge in [-0.1, -0.05) is 31.4 Å². The summed E-state index contributed by atoms with van der Waals surface area (Å²) < 4.78 is 34.0. The van der Waals surface area contributed by atoms with Crippen molar-refractivity contribution in [2.75, 3.05) is 0 Å². The highest BCUT2D eigenvalue weighted by Gasteiger charge is 2.19. The van der Waals surface area contributed by atoms with Gasteiger partial charge in [0.05, 0.1) is 5.75 Å². The van der Waals surface area contributed by atoms with Crippen molar-refractivity contribution in [1.29, 1.82) is 0 Å². The van der Waals surface area contributed by atoms with Crippen molar-refractivity contribution in [3.63, 3.8) is 0 Å². The molecule has 1 aliphatic rings. The van der Waals surface area contributed by atoms with Gasteiger partial charge in [0.1, 0.15) is 5.82 Å². The van der Waals surface area contributed by atoms with Crippen LogP contribution in [-0.2, 0) is 16.8 Å². The molecule has 0 aliphatic heterocycles. The minimum absolute atomic E-state index is 0.186. The summed E-state index contributed by atoms with van der Waals surface area (Å²) in [5, 5.41) is 0. The van der Waals surface area contributed by atoms with E-state index in [-0.39, 0.29) is 11.3 Å². The third kappa shape index (κ3) is 3.85. The van der Waals surface area contributed by atoms with E-state index in [1.54, 1.807) is 18.5 Å². The van der Waals surface area contributed by atoms with E-state index < -0.39 is 16.9 Å². The summed E-state index contributed by atoms with van der Waals surface area (Å²) in [6.45, 7) is 0. The first-order valence-corrected chi connectivity index (χ1v) is 9.23. The zero-order chi connectivity index (χ0) is 16.2. The van der Waals surface area contributed by atoms with E-state index in [9.17, 15) is 8.60 Å². The smallest absolute Gasteiger partial charge is 0.157 e. The van der Waals surface area contributed by atoms with Crippen LogP contribution < -0.4 is 0 Å². The molecular weight excluding hydrogens is 313 g/mol. The Hall–Kier alpha value is -1.59. The number of nitrogens with zero attached hydrogens (tertiary/aromatic N) is 1. The Bertz CT molecular complexity index is 714. The first kappa shape index (κ1) is 16.3. The van der Waals surface area contributed by atoms with Crippen LogP contribution in [0.2, 0.25) is 0 Å². The minimum Gasteiger partial charge on any atom is -0.306 e. The summed E-state index contributed by atoms with van der Waals surface area (Å²) in [7, 11) is 0. The summed E-state index contributed by atoms with van der Waals surface area (Å²) in [5.74, 6) is -0.118. The Morgan fingerprint density at radius 2 is 2.00 bits per heavy atom. The van der Waals surface area contributed by atoms with E-state index in [0.717, 1.165) is 11.1 Å². The second-order valence-corrected chi connectivity index (χ2v) is 7.00. The first-order valence-electron chi connectivity index (χ1n) is 7.95. The Labute approximate surface area is 138 Å². The third-order valence-corrected chi connectivity index (χ3v) is 5.10. The lowest BCUT2D eigenvalue weighted by Gasteiger charge is -2.24. The molecule has 122 valence electrons. The summed E-state index contributed by atoms with van der Waals surface area (Å²) in [6, 6.07) is 6.90. The molecule has 1 aromatic heterocycles. The molecule has 0 bridgehead atoms. The lowest BCUT2D eigenvalue weighted by atomic mass is 9.81. The second-order valence-electron chi connectivity index (χ2n) is 6.07. The quantitative estimate of drug-likeness (QED) is 0.828. The molecule has 0 amide bonds. The molecule has 0 spiro atoms. The highest BCUT2D eigenvalue weighted by Crippen LogP contribution is 2.37. The number of hydrogen-bond donors (Lipinski definition) is 1. The molecule has 1 atom stereocenters. The minimum atomic E-state index is -2.04. The van der Waals surface area contributed by atoms with Gasteiger partial charge in [0, 0.05) is 23.5 Å². The van der Waals surface area contributed by atoms with Gasteiger partial charge in [0.15, 0.2) is 11.1 Å². The van der Waals surface area contributed by atoms with Crippen LogP contribution in [0.1, 0.15) is 49.1 Å². The fraction of sp³-hybridized carbons (Fsp3) is 0.389. The van der Waals surface area contributed by atoms with E-state index in [4.69, 9.17) is 4.55 Å². The average molecular weight is 333 g/mol. The molecule has 3 nitrogen and oxygen atoms in total. The number of aromatic nitrogens is 1. The molecule has 1 fully saturated rings. The van der Waals surface area contributed by atoms with E-state index in [1.807, 2.05) is 12.1 Å². The van der Waals surface area contributed by atoms with Crippen LogP contribution in [0.4, 0.5) is 4.39 Å². The molecule has 2 aromatic rings. The zero-order valence-corrected chi connectivity index (χ0v) is 13.7. The summed E-state index contributed by atoms with van der Waals surface area (Å²) in [5.41, 5.74) is 3.24. The second kappa shape index (κ2) is 7.32. The number of halogens is 1. The highest BCUT2D eigenvalue weighted by molar-refractivity contribution is 7.78. The highest BCUT2D eigenvalue weighted by atomic mass is 32.2. The molecular formula is C18H20FNO2S. The average Bonchev–Trinajstić information content (AvgIpc) is 2.57. The van der Waals surface area contributed by atoms with Crippen LogP contribution in [0.5, 0.6) is 0 Å². The molecule has 23 heavy (non-hydrogen) atoms. The number of pyridine rings is 1. The number of benzene rings is 1. The van der Waals surface area contributed by atoms with Gasteiger partial charge in [-0.25, -0.2) is 8.60 Å². The number of rotatable bonds is 4. The van der Waals surface area contributed by atoms with Crippen LogP contribution in [0.15, 0.2) is 36.7 Å². The molecule has 1 aliphatic carbocycles.